The van der Waals surface area contributed by atoms with Crippen LogP contribution in [0.3, 0.4) is 0 Å². The summed E-state index contributed by atoms with van der Waals surface area (Å²) in [6.07, 6.45) is 0. The van der Waals surface area contributed by atoms with Crippen molar-refractivity contribution in [2.75, 3.05) is 5.32 Å². The second kappa shape index (κ2) is 5.74. The molecule has 0 unspecified atom stereocenters. The number of anilines is 1. The van der Waals surface area contributed by atoms with Crippen LogP contribution >= 0.6 is 0 Å². The van der Waals surface area contributed by atoms with E-state index in [1.807, 2.05) is 6.92 Å². The van der Waals surface area contributed by atoms with Crippen LogP contribution in [-0.4, -0.2) is 4.92 Å². The average Bonchev–Trinajstić information content (AvgIpc) is 2.41. The second-order valence-electron chi connectivity index (χ2n) is 5.04. The van der Waals surface area contributed by atoms with Gasteiger partial charge in [0.1, 0.15) is 0 Å². The Labute approximate surface area is 118 Å². The molecule has 0 amide bonds. The maximum absolute atomic E-state index is 10.8. The molecular formula is C16H18N2O2. The Kier molecular flexibility index (Phi) is 4.03. The fourth-order valence-electron chi connectivity index (χ4n) is 2.10. The summed E-state index contributed by atoms with van der Waals surface area (Å²) >= 11 is 0. The smallest absolute Gasteiger partial charge is 0.271 e. The molecule has 2 rings (SSSR count). The zero-order valence-electron chi connectivity index (χ0n) is 11.9. The molecule has 0 bridgehead atoms. The van der Waals surface area contributed by atoms with Crippen LogP contribution in [0.5, 0.6) is 0 Å². The van der Waals surface area contributed by atoms with E-state index >= 15 is 0 Å². The molecule has 20 heavy (non-hydrogen) atoms. The van der Waals surface area contributed by atoms with Gasteiger partial charge in [-0.3, -0.25) is 10.1 Å². The molecule has 0 atom stereocenters. The standard InChI is InChI=1S/C16H18N2O2/c1-11-4-5-12(2)14(8-11)10-17-16-9-15(18(19)20)7-6-13(16)3/h4-9,17H,10H2,1-3H3. The maximum atomic E-state index is 10.8. The van der Waals surface area contributed by atoms with Gasteiger partial charge in [-0.1, -0.05) is 29.8 Å². The summed E-state index contributed by atoms with van der Waals surface area (Å²) in [7, 11) is 0. The van der Waals surface area contributed by atoms with Crippen LogP contribution in [0.1, 0.15) is 22.3 Å². The highest BCUT2D eigenvalue weighted by Gasteiger charge is 2.08. The van der Waals surface area contributed by atoms with Gasteiger partial charge in [-0.2, -0.15) is 0 Å². The number of aryl methyl sites for hydroxylation is 3. The van der Waals surface area contributed by atoms with E-state index in [-0.39, 0.29) is 10.6 Å². The lowest BCUT2D eigenvalue weighted by Crippen LogP contribution is -2.03. The Hall–Kier alpha value is -2.36. The minimum atomic E-state index is -0.372. The van der Waals surface area contributed by atoms with Crippen molar-refractivity contribution in [2.24, 2.45) is 0 Å². The lowest BCUT2D eigenvalue weighted by atomic mass is 10.1. The highest BCUT2D eigenvalue weighted by atomic mass is 16.6. The van der Waals surface area contributed by atoms with Crippen LogP contribution in [0.2, 0.25) is 0 Å². The van der Waals surface area contributed by atoms with Gasteiger partial charge in [0.05, 0.1) is 4.92 Å². The molecule has 0 aromatic heterocycles. The van der Waals surface area contributed by atoms with E-state index in [0.717, 1.165) is 11.3 Å². The Morgan fingerprint density at radius 2 is 1.75 bits per heavy atom. The van der Waals surface area contributed by atoms with Gasteiger partial charge < -0.3 is 5.32 Å². The molecule has 0 aliphatic carbocycles. The molecule has 2 aromatic carbocycles. The van der Waals surface area contributed by atoms with Gasteiger partial charge in [0.15, 0.2) is 0 Å². The number of rotatable bonds is 4. The number of hydrogen-bond donors (Lipinski definition) is 1. The van der Waals surface area contributed by atoms with Crippen molar-refractivity contribution in [1.29, 1.82) is 0 Å². The number of nitrogens with one attached hydrogen (secondary N) is 1. The van der Waals surface area contributed by atoms with Crippen molar-refractivity contribution >= 4 is 11.4 Å². The third kappa shape index (κ3) is 3.15. The molecule has 0 aliphatic rings. The van der Waals surface area contributed by atoms with Gasteiger partial charge in [0.25, 0.3) is 5.69 Å². The van der Waals surface area contributed by atoms with E-state index in [2.05, 4.69) is 37.4 Å². The second-order valence-corrected chi connectivity index (χ2v) is 5.04. The number of nitro groups is 1. The fraction of sp³-hybridized carbons (Fsp3) is 0.250. The van der Waals surface area contributed by atoms with Crippen LogP contribution in [0, 0.1) is 30.9 Å². The number of hydrogen-bond acceptors (Lipinski definition) is 3. The van der Waals surface area contributed by atoms with E-state index in [4.69, 9.17) is 0 Å². The molecule has 0 spiro atoms. The molecule has 0 saturated carbocycles. The first-order valence-electron chi connectivity index (χ1n) is 6.52. The van der Waals surface area contributed by atoms with Crippen molar-refractivity contribution in [1.82, 2.24) is 0 Å². The molecular weight excluding hydrogens is 252 g/mol. The van der Waals surface area contributed by atoms with Gasteiger partial charge in [-0.25, -0.2) is 0 Å². The SMILES string of the molecule is Cc1ccc(C)c(CNc2cc([N+](=O)[O-])ccc2C)c1. The van der Waals surface area contributed by atoms with Crippen LogP contribution < -0.4 is 5.32 Å². The van der Waals surface area contributed by atoms with Crippen molar-refractivity contribution < 1.29 is 4.92 Å². The first-order chi connectivity index (χ1) is 9.47. The molecule has 1 N–H and O–H groups in total. The predicted molar refractivity (Wildman–Crippen MR) is 81.1 cm³/mol. The van der Waals surface area contributed by atoms with Gasteiger partial charge in [-0.15, -0.1) is 0 Å². The average molecular weight is 270 g/mol. The zero-order chi connectivity index (χ0) is 14.7. The number of nitro benzene ring substituents is 1. The van der Waals surface area contributed by atoms with Crippen molar-refractivity contribution in [2.45, 2.75) is 27.3 Å². The van der Waals surface area contributed by atoms with Gasteiger partial charge in [0.2, 0.25) is 0 Å². The Balaban J connectivity index is 2.20. The molecule has 0 fully saturated rings. The molecule has 0 radical (unpaired) electrons. The Morgan fingerprint density at radius 3 is 2.45 bits per heavy atom. The third-order valence-corrected chi connectivity index (χ3v) is 3.41. The van der Waals surface area contributed by atoms with Crippen LogP contribution in [0.25, 0.3) is 0 Å². The quantitative estimate of drug-likeness (QED) is 0.671. The molecule has 4 heteroatoms. The Bertz CT molecular complexity index is 651. The largest absolute Gasteiger partial charge is 0.381 e. The van der Waals surface area contributed by atoms with E-state index in [1.165, 1.54) is 22.8 Å². The molecule has 104 valence electrons. The van der Waals surface area contributed by atoms with Crippen LogP contribution in [-0.2, 0) is 6.54 Å². The number of benzene rings is 2. The molecule has 0 aliphatic heterocycles. The summed E-state index contributed by atoms with van der Waals surface area (Å²) in [4.78, 5) is 10.4. The topological polar surface area (TPSA) is 55.2 Å². The summed E-state index contributed by atoms with van der Waals surface area (Å²) < 4.78 is 0. The first kappa shape index (κ1) is 14.1. The van der Waals surface area contributed by atoms with Gasteiger partial charge in [0, 0.05) is 24.4 Å². The van der Waals surface area contributed by atoms with Crippen LogP contribution in [0.4, 0.5) is 11.4 Å². The van der Waals surface area contributed by atoms with Gasteiger partial charge in [-0.05, 0) is 37.5 Å². The zero-order valence-corrected chi connectivity index (χ0v) is 11.9. The molecule has 2 aromatic rings. The maximum Gasteiger partial charge on any atom is 0.271 e. The summed E-state index contributed by atoms with van der Waals surface area (Å²) in [5, 5.41) is 14.1. The lowest BCUT2D eigenvalue weighted by molar-refractivity contribution is -0.384. The minimum absolute atomic E-state index is 0.110. The number of non-ortho nitro benzene ring substituents is 1. The van der Waals surface area contributed by atoms with Gasteiger partial charge >= 0.3 is 0 Å². The van der Waals surface area contributed by atoms with E-state index in [9.17, 15) is 10.1 Å². The summed E-state index contributed by atoms with van der Waals surface area (Å²) in [6.45, 7) is 6.73. The summed E-state index contributed by atoms with van der Waals surface area (Å²) in [5.41, 5.74) is 5.55. The van der Waals surface area contributed by atoms with Crippen molar-refractivity contribution in [3.8, 4) is 0 Å². The highest BCUT2D eigenvalue weighted by Crippen LogP contribution is 2.23. The monoisotopic (exact) mass is 270 g/mol. The third-order valence-electron chi connectivity index (χ3n) is 3.41. The van der Waals surface area contributed by atoms with E-state index in [1.54, 1.807) is 12.1 Å². The normalized spacial score (nSPS) is 10.3. The lowest BCUT2D eigenvalue weighted by Gasteiger charge is -2.12. The molecule has 4 nitrogen and oxygen atoms in total. The molecule has 0 heterocycles. The fourth-order valence-corrected chi connectivity index (χ4v) is 2.10. The van der Waals surface area contributed by atoms with Crippen molar-refractivity contribution in [3.63, 3.8) is 0 Å². The van der Waals surface area contributed by atoms with E-state index < -0.39 is 0 Å². The summed E-state index contributed by atoms with van der Waals surface area (Å²) in [5.74, 6) is 0. The predicted octanol–water partition coefficient (Wildman–Crippen LogP) is 4.13. The highest BCUT2D eigenvalue weighted by molar-refractivity contribution is 5.57. The Morgan fingerprint density at radius 1 is 1.05 bits per heavy atom. The minimum Gasteiger partial charge on any atom is -0.381 e. The summed E-state index contributed by atoms with van der Waals surface area (Å²) in [6, 6.07) is 11.2. The van der Waals surface area contributed by atoms with Crippen LogP contribution in [0.15, 0.2) is 36.4 Å². The van der Waals surface area contributed by atoms with E-state index in [0.29, 0.717) is 6.54 Å². The molecule has 0 saturated heterocycles. The number of nitrogens with zero attached hydrogens (tertiary/aromatic N) is 1. The first-order valence-corrected chi connectivity index (χ1v) is 6.52. The van der Waals surface area contributed by atoms with Crippen molar-refractivity contribution in [3.05, 3.63) is 68.8 Å².